The Morgan fingerprint density at radius 3 is 2.58 bits per heavy atom. The molecule has 6 nitrogen and oxygen atoms in total. The van der Waals surface area contributed by atoms with Gasteiger partial charge in [0.2, 0.25) is 0 Å². The Balaban J connectivity index is 1.91. The van der Waals surface area contributed by atoms with Gasteiger partial charge >= 0.3 is 6.03 Å². The maximum Gasteiger partial charge on any atom is 0.321 e. The zero-order valence-corrected chi connectivity index (χ0v) is 15.1. The molecule has 1 heterocycles. The molecular formula is C18H29N5O. The molecule has 1 aromatic rings. The molecule has 0 bridgehead atoms. The molecule has 1 fully saturated rings. The van der Waals surface area contributed by atoms with Crippen molar-refractivity contribution >= 4 is 17.7 Å². The number of guanidine groups is 1. The highest BCUT2D eigenvalue weighted by Crippen LogP contribution is 2.14. The number of likely N-dealkylation sites (tertiary alicyclic amines) is 1. The lowest BCUT2D eigenvalue weighted by molar-refractivity contribution is 0.222. The van der Waals surface area contributed by atoms with Crippen molar-refractivity contribution in [3.8, 4) is 0 Å². The molecule has 0 aromatic heterocycles. The average Bonchev–Trinajstić information content (AvgIpc) is 3.05. The number of rotatable bonds is 3. The number of anilines is 1. The van der Waals surface area contributed by atoms with Crippen LogP contribution in [0.2, 0.25) is 0 Å². The first-order chi connectivity index (χ1) is 11.4. The zero-order valence-electron chi connectivity index (χ0n) is 15.1. The Kier molecular flexibility index (Phi) is 6.06. The van der Waals surface area contributed by atoms with E-state index in [-0.39, 0.29) is 11.6 Å². The molecular weight excluding hydrogens is 302 g/mol. The van der Waals surface area contributed by atoms with E-state index in [1.165, 1.54) is 0 Å². The summed E-state index contributed by atoms with van der Waals surface area (Å²) >= 11 is 0. The van der Waals surface area contributed by atoms with Crippen LogP contribution in [0.5, 0.6) is 0 Å². The van der Waals surface area contributed by atoms with E-state index in [9.17, 15) is 4.79 Å². The molecule has 3 N–H and O–H groups in total. The third-order valence-electron chi connectivity index (χ3n) is 3.75. The molecule has 24 heavy (non-hydrogen) atoms. The number of urea groups is 1. The summed E-state index contributed by atoms with van der Waals surface area (Å²) in [5, 5.41) is 9.59. The molecule has 1 aromatic carbocycles. The summed E-state index contributed by atoms with van der Waals surface area (Å²) in [6, 6.07) is 7.88. The van der Waals surface area contributed by atoms with Crippen LogP contribution in [0.15, 0.2) is 29.3 Å². The molecule has 1 aliphatic rings. The number of hydrogen-bond acceptors (Lipinski definition) is 2. The van der Waals surface area contributed by atoms with Crippen molar-refractivity contribution in [2.45, 2.75) is 45.7 Å². The van der Waals surface area contributed by atoms with Crippen LogP contribution in [-0.4, -0.2) is 42.6 Å². The number of hydrogen-bond donors (Lipinski definition) is 3. The summed E-state index contributed by atoms with van der Waals surface area (Å²) in [5.74, 6) is 0.758. The second kappa shape index (κ2) is 8.04. The van der Waals surface area contributed by atoms with Gasteiger partial charge in [0.25, 0.3) is 0 Å². The van der Waals surface area contributed by atoms with Crippen molar-refractivity contribution in [2.75, 3.05) is 25.5 Å². The maximum atomic E-state index is 12.2. The lowest BCUT2D eigenvalue weighted by atomic mass is 10.1. The van der Waals surface area contributed by atoms with Crippen LogP contribution in [-0.2, 0) is 6.54 Å². The molecule has 2 rings (SSSR count). The second-order valence-corrected chi connectivity index (χ2v) is 7.13. The van der Waals surface area contributed by atoms with E-state index >= 15 is 0 Å². The smallest absolute Gasteiger partial charge is 0.321 e. The van der Waals surface area contributed by atoms with Gasteiger partial charge in [-0.2, -0.15) is 0 Å². The minimum Gasteiger partial charge on any atom is -0.352 e. The Morgan fingerprint density at radius 1 is 1.25 bits per heavy atom. The van der Waals surface area contributed by atoms with E-state index in [0.717, 1.165) is 43.1 Å². The van der Waals surface area contributed by atoms with Crippen molar-refractivity contribution in [3.63, 3.8) is 0 Å². The lowest BCUT2D eigenvalue weighted by Gasteiger charge is -2.23. The number of carbonyl (C=O) groups excluding carboxylic acids is 1. The summed E-state index contributed by atoms with van der Waals surface area (Å²) in [7, 11) is 1.76. The SMILES string of the molecule is CN=C(NCc1cccc(NC(=O)N2CCCC2)c1)NC(C)(C)C. The maximum absolute atomic E-state index is 12.2. The van der Waals surface area contributed by atoms with Crippen LogP contribution in [0.25, 0.3) is 0 Å². The topological polar surface area (TPSA) is 68.8 Å². The summed E-state index contributed by atoms with van der Waals surface area (Å²) in [4.78, 5) is 18.3. The van der Waals surface area contributed by atoms with Crippen LogP contribution in [0.3, 0.4) is 0 Å². The van der Waals surface area contributed by atoms with Crippen LogP contribution in [0.4, 0.5) is 10.5 Å². The number of benzene rings is 1. The first kappa shape index (κ1) is 18.1. The van der Waals surface area contributed by atoms with Gasteiger partial charge in [-0.15, -0.1) is 0 Å². The van der Waals surface area contributed by atoms with Gasteiger partial charge in [0.1, 0.15) is 0 Å². The third kappa shape index (κ3) is 5.76. The Hall–Kier alpha value is -2.24. The first-order valence-electron chi connectivity index (χ1n) is 8.51. The van der Waals surface area contributed by atoms with Gasteiger partial charge in [0.15, 0.2) is 5.96 Å². The molecule has 0 unspecified atom stereocenters. The van der Waals surface area contributed by atoms with E-state index in [4.69, 9.17) is 0 Å². The van der Waals surface area contributed by atoms with Crippen molar-refractivity contribution in [2.24, 2.45) is 4.99 Å². The number of carbonyl (C=O) groups is 1. The lowest BCUT2D eigenvalue weighted by Crippen LogP contribution is -2.47. The molecule has 132 valence electrons. The van der Waals surface area contributed by atoms with Gasteiger partial charge in [0, 0.05) is 37.9 Å². The predicted octanol–water partition coefficient (Wildman–Crippen LogP) is 2.78. The van der Waals surface area contributed by atoms with Crippen molar-refractivity contribution in [3.05, 3.63) is 29.8 Å². The highest BCUT2D eigenvalue weighted by Gasteiger charge is 2.17. The fraction of sp³-hybridized carbons (Fsp3) is 0.556. The molecule has 0 saturated carbocycles. The number of nitrogens with one attached hydrogen (secondary N) is 3. The predicted molar refractivity (Wildman–Crippen MR) is 99.4 cm³/mol. The molecule has 1 saturated heterocycles. The number of aliphatic imine (C=N–C) groups is 1. The third-order valence-corrected chi connectivity index (χ3v) is 3.75. The van der Waals surface area contributed by atoms with Gasteiger partial charge in [0.05, 0.1) is 0 Å². The highest BCUT2D eigenvalue weighted by atomic mass is 16.2. The van der Waals surface area contributed by atoms with E-state index < -0.39 is 0 Å². The van der Waals surface area contributed by atoms with Crippen LogP contribution in [0, 0.1) is 0 Å². The first-order valence-corrected chi connectivity index (χ1v) is 8.51. The molecule has 6 heteroatoms. The second-order valence-electron chi connectivity index (χ2n) is 7.13. The van der Waals surface area contributed by atoms with Crippen LogP contribution in [0.1, 0.15) is 39.2 Å². The highest BCUT2D eigenvalue weighted by molar-refractivity contribution is 5.89. The minimum absolute atomic E-state index is 0.0113. The van der Waals surface area contributed by atoms with E-state index in [2.05, 4.69) is 41.7 Å². The van der Waals surface area contributed by atoms with Gasteiger partial charge in [-0.3, -0.25) is 4.99 Å². The Morgan fingerprint density at radius 2 is 1.96 bits per heavy atom. The van der Waals surface area contributed by atoms with E-state index in [1.54, 1.807) is 7.05 Å². The van der Waals surface area contributed by atoms with Gasteiger partial charge < -0.3 is 20.9 Å². The standard InChI is InChI=1S/C18H29N5O/c1-18(2,3)22-16(19-4)20-13-14-8-7-9-15(12-14)21-17(24)23-10-5-6-11-23/h7-9,12H,5-6,10-11,13H2,1-4H3,(H,21,24)(H2,19,20,22). The summed E-state index contributed by atoms with van der Waals surface area (Å²) in [6.45, 7) is 8.62. The monoisotopic (exact) mass is 331 g/mol. The Labute approximate surface area is 144 Å². The van der Waals surface area contributed by atoms with E-state index in [1.807, 2.05) is 29.2 Å². The Bertz CT molecular complexity index is 585. The largest absolute Gasteiger partial charge is 0.352 e. The molecule has 0 aliphatic carbocycles. The molecule has 0 spiro atoms. The van der Waals surface area contributed by atoms with Crippen LogP contribution < -0.4 is 16.0 Å². The van der Waals surface area contributed by atoms with Crippen molar-refractivity contribution in [1.82, 2.24) is 15.5 Å². The average molecular weight is 331 g/mol. The molecule has 0 radical (unpaired) electrons. The fourth-order valence-corrected chi connectivity index (χ4v) is 2.60. The molecule has 2 amide bonds. The summed E-state index contributed by atoms with van der Waals surface area (Å²) in [5.41, 5.74) is 1.86. The van der Waals surface area contributed by atoms with Gasteiger partial charge in [-0.1, -0.05) is 12.1 Å². The van der Waals surface area contributed by atoms with Crippen molar-refractivity contribution in [1.29, 1.82) is 0 Å². The number of amides is 2. The fourth-order valence-electron chi connectivity index (χ4n) is 2.60. The number of nitrogens with zero attached hydrogens (tertiary/aromatic N) is 2. The van der Waals surface area contributed by atoms with Crippen LogP contribution >= 0.6 is 0 Å². The minimum atomic E-state index is -0.0482. The van der Waals surface area contributed by atoms with Gasteiger partial charge in [-0.05, 0) is 51.3 Å². The molecule has 0 atom stereocenters. The molecule has 1 aliphatic heterocycles. The normalized spacial score (nSPS) is 15.3. The quantitative estimate of drug-likeness (QED) is 0.589. The van der Waals surface area contributed by atoms with Crippen molar-refractivity contribution < 1.29 is 4.79 Å². The van der Waals surface area contributed by atoms with E-state index in [0.29, 0.717) is 6.54 Å². The summed E-state index contributed by atoms with van der Waals surface area (Å²) in [6.07, 6.45) is 2.19. The summed E-state index contributed by atoms with van der Waals surface area (Å²) < 4.78 is 0. The van der Waals surface area contributed by atoms with Gasteiger partial charge in [-0.25, -0.2) is 4.79 Å². The zero-order chi connectivity index (χ0) is 17.6.